The largest absolute Gasteiger partial charge is 0.341 e. The van der Waals surface area contributed by atoms with Gasteiger partial charge in [0.25, 0.3) is 5.95 Å². The summed E-state index contributed by atoms with van der Waals surface area (Å²) in [7, 11) is 0. The molecule has 0 spiro atoms. The molecule has 4 heterocycles. The third kappa shape index (κ3) is 2.84. The van der Waals surface area contributed by atoms with Gasteiger partial charge in [0.05, 0.1) is 12.2 Å². The van der Waals surface area contributed by atoms with Gasteiger partial charge in [-0.3, -0.25) is 4.57 Å². The number of aromatic nitrogens is 8. The fourth-order valence-electron chi connectivity index (χ4n) is 5.13. The normalized spacial score (nSPS) is 18.1. The first kappa shape index (κ1) is 19.1. The number of nitrogens with zero attached hydrogens (tertiary/aromatic N) is 9. The van der Waals surface area contributed by atoms with Crippen molar-refractivity contribution in [2.24, 2.45) is 0 Å². The molecule has 3 aromatic heterocycles. The molecule has 4 aromatic rings. The zero-order valence-electron chi connectivity index (χ0n) is 18.3. The molecule has 6 rings (SSSR count). The third-order valence-electron chi connectivity index (χ3n) is 6.58. The van der Waals surface area contributed by atoms with E-state index in [-0.39, 0.29) is 6.04 Å². The van der Waals surface area contributed by atoms with Crippen molar-refractivity contribution in [3.63, 3.8) is 0 Å². The van der Waals surface area contributed by atoms with Crippen molar-refractivity contribution in [2.45, 2.75) is 58.0 Å². The van der Waals surface area contributed by atoms with Crippen LogP contribution in [0.4, 0.5) is 5.82 Å². The molecule has 162 valence electrons. The Morgan fingerprint density at radius 3 is 2.62 bits per heavy atom. The molecule has 1 fully saturated rings. The van der Waals surface area contributed by atoms with E-state index in [1.165, 1.54) is 25.7 Å². The van der Waals surface area contributed by atoms with E-state index in [9.17, 15) is 0 Å². The van der Waals surface area contributed by atoms with Crippen molar-refractivity contribution < 1.29 is 0 Å². The smallest absolute Gasteiger partial charge is 0.254 e. The van der Waals surface area contributed by atoms with Gasteiger partial charge in [0.15, 0.2) is 17.5 Å². The molecular formula is C23H25N9. The van der Waals surface area contributed by atoms with Crippen LogP contribution in [0, 0.1) is 6.92 Å². The Morgan fingerprint density at radius 2 is 1.84 bits per heavy atom. The van der Waals surface area contributed by atoms with Crippen molar-refractivity contribution in [2.75, 3.05) is 4.90 Å². The molecule has 0 saturated heterocycles. The Bertz CT molecular complexity index is 1250. The minimum atomic E-state index is 0.138. The maximum Gasteiger partial charge on any atom is 0.254 e. The van der Waals surface area contributed by atoms with Crippen LogP contribution in [0.3, 0.4) is 0 Å². The lowest BCUT2D eigenvalue weighted by molar-refractivity contribution is 0.467. The minimum Gasteiger partial charge on any atom is -0.341 e. The van der Waals surface area contributed by atoms with Crippen LogP contribution in [0.15, 0.2) is 42.9 Å². The standard InChI is InChI=1S/C23H25N9/c1-3-18-22-29-28-15(2)30(22)19-13-24-23(27-21(19)31(18)17-11-7-8-12-17)32-20(25-14-26-32)16-9-5-4-6-10-16/h4-6,9-10,13-14,17-18H,3,7-8,11-12H2,1-2H3/t18-/m1/s1. The first-order valence-corrected chi connectivity index (χ1v) is 11.3. The van der Waals surface area contributed by atoms with E-state index in [1.807, 2.05) is 43.5 Å². The van der Waals surface area contributed by atoms with E-state index in [1.54, 1.807) is 11.0 Å². The van der Waals surface area contributed by atoms with Crippen LogP contribution in [0.2, 0.25) is 0 Å². The fraction of sp³-hybridized carbons (Fsp3) is 0.391. The predicted molar refractivity (Wildman–Crippen MR) is 120 cm³/mol. The first-order chi connectivity index (χ1) is 15.8. The quantitative estimate of drug-likeness (QED) is 0.489. The number of aryl methyl sites for hydroxylation is 1. The average Bonchev–Trinajstić information content (AvgIpc) is 3.60. The van der Waals surface area contributed by atoms with Gasteiger partial charge in [-0.25, -0.2) is 9.97 Å². The van der Waals surface area contributed by atoms with E-state index >= 15 is 0 Å². The number of anilines is 1. The monoisotopic (exact) mass is 427 g/mol. The van der Waals surface area contributed by atoms with Crippen molar-refractivity contribution in [3.05, 3.63) is 54.5 Å². The van der Waals surface area contributed by atoms with Gasteiger partial charge in [-0.2, -0.15) is 14.8 Å². The number of hydrogen-bond donors (Lipinski definition) is 0. The topological polar surface area (TPSA) is 90.4 Å². The zero-order valence-corrected chi connectivity index (χ0v) is 18.3. The molecule has 0 bridgehead atoms. The highest BCUT2D eigenvalue weighted by molar-refractivity contribution is 5.64. The van der Waals surface area contributed by atoms with Crippen molar-refractivity contribution >= 4 is 5.82 Å². The van der Waals surface area contributed by atoms with Crippen LogP contribution in [0.1, 0.15) is 56.7 Å². The highest BCUT2D eigenvalue weighted by Crippen LogP contribution is 2.43. The SMILES string of the molecule is CC[C@@H]1c2nnc(C)n2-c2cnc(-n3ncnc3-c3ccccc3)nc2N1C1CCCC1. The van der Waals surface area contributed by atoms with E-state index < -0.39 is 0 Å². The Kier molecular flexibility index (Phi) is 4.48. The molecule has 1 aliphatic carbocycles. The summed E-state index contributed by atoms with van der Waals surface area (Å²) in [6, 6.07) is 10.6. The van der Waals surface area contributed by atoms with Gasteiger partial charge < -0.3 is 4.90 Å². The summed E-state index contributed by atoms with van der Waals surface area (Å²) in [6.45, 7) is 4.19. The molecule has 1 atom stereocenters. The zero-order chi connectivity index (χ0) is 21.7. The van der Waals surface area contributed by atoms with Crippen LogP contribution >= 0.6 is 0 Å². The molecular weight excluding hydrogens is 402 g/mol. The molecule has 1 aliphatic heterocycles. The van der Waals surface area contributed by atoms with E-state index in [2.05, 4.69) is 36.7 Å². The van der Waals surface area contributed by atoms with Crippen molar-refractivity contribution in [1.82, 2.24) is 39.5 Å². The van der Waals surface area contributed by atoms with Gasteiger partial charge in [0.1, 0.15) is 17.8 Å². The Balaban J connectivity index is 1.53. The lowest BCUT2D eigenvalue weighted by Crippen LogP contribution is -2.42. The molecule has 1 saturated carbocycles. The van der Waals surface area contributed by atoms with E-state index in [0.717, 1.165) is 41.0 Å². The Morgan fingerprint density at radius 1 is 1.03 bits per heavy atom. The second-order valence-electron chi connectivity index (χ2n) is 8.45. The van der Waals surface area contributed by atoms with Crippen LogP contribution in [-0.4, -0.2) is 45.5 Å². The molecule has 0 radical (unpaired) electrons. The molecule has 0 N–H and O–H groups in total. The van der Waals surface area contributed by atoms with Crippen molar-refractivity contribution in [3.8, 4) is 23.0 Å². The minimum absolute atomic E-state index is 0.138. The highest BCUT2D eigenvalue weighted by atomic mass is 15.4. The van der Waals surface area contributed by atoms with Crippen molar-refractivity contribution in [1.29, 1.82) is 0 Å². The molecule has 32 heavy (non-hydrogen) atoms. The van der Waals surface area contributed by atoms with Crippen LogP contribution in [0.5, 0.6) is 0 Å². The third-order valence-corrected chi connectivity index (χ3v) is 6.58. The van der Waals surface area contributed by atoms with E-state index in [4.69, 9.17) is 9.97 Å². The summed E-state index contributed by atoms with van der Waals surface area (Å²) in [5.74, 6) is 4.01. The second kappa shape index (κ2) is 7.51. The molecule has 9 heteroatoms. The first-order valence-electron chi connectivity index (χ1n) is 11.3. The number of fused-ring (bicyclic) bond motifs is 3. The summed E-state index contributed by atoms with van der Waals surface area (Å²) < 4.78 is 3.83. The average molecular weight is 428 g/mol. The van der Waals surface area contributed by atoms with Crippen LogP contribution in [0.25, 0.3) is 23.0 Å². The summed E-state index contributed by atoms with van der Waals surface area (Å²) in [5.41, 5.74) is 1.91. The summed E-state index contributed by atoms with van der Waals surface area (Å²) >= 11 is 0. The van der Waals surface area contributed by atoms with Crippen LogP contribution in [-0.2, 0) is 0 Å². The Labute approximate surface area is 186 Å². The second-order valence-corrected chi connectivity index (χ2v) is 8.45. The lowest BCUT2D eigenvalue weighted by atomic mass is 10.0. The van der Waals surface area contributed by atoms with Crippen LogP contribution < -0.4 is 4.90 Å². The van der Waals surface area contributed by atoms with Gasteiger partial charge in [-0.15, -0.1) is 10.2 Å². The highest BCUT2D eigenvalue weighted by Gasteiger charge is 2.39. The van der Waals surface area contributed by atoms with Gasteiger partial charge in [-0.1, -0.05) is 50.1 Å². The van der Waals surface area contributed by atoms with Gasteiger partial charge >= 0.3 is 0 Å². The molecule has 0 unspecified atom stereocenters. The maximum atomic E-state index is 5.08. The van der Waals surface area contributed by atoms with E-state index in [0.29, 0.717) is 12.0 Å². The summed E-state index contributed by atoms with van der Waals surface area (Å²) in [6.07, 6.45) is 9.20. The Hall–Kier alpha value is -3.62. The van der Waals surface area contributed by atoms with Gasteiger partial charge in [0.2, 0.25) is 0 Å². The summed E-state index contributed by atoms with van der Waals surface area (Å²) in [4.78, 5) is 16.7. The number of benzene rings is 1. The fourth-order valence-corrected chi connectivity index (χ4v) is 5.13. The summed E-state index contributed by atoms with van der Waals surface area (Å²) in [5, 5.41) is 13.4. The molecule has 1 aromatic carbocycles. The number of rotatable bonds is 4. The molecule has 2 aliphatic rings. The number of hydrogen-bond acceptors (Lipinski definition) is 7. The van der Waals surface area contributed by atoms with Gasteiger partial charge in [0, 0.05) is 11.6 Å². The van der Waals surface area contributed by atoms with Gasteiger partial charge in [-0.05, 0) is 26.2 Å². The molecule has 9 nitrogen and oxygen atoms in total. The maximum absolute atomic E-state index is 5.08. The predicted octanol–water partition coefficient (Wildman–Crippen LogP) is 3.83. The molecule has 0 amide bonds. The lowest BCUT2D eigenvalue weighted by Gasteiger charge is -2.41.